The summed E-state index contributed by atoms with van der Waals surface area (Å²) in [5.41, 5.74) is 0.257. The summed E-state index contributed by atoms with van der Waals surface area (Å²) >= 11 is 7.49. The molecule has 0 unspecified atom stereocenters. The molecule has 9 heteroatoms. The average molecular weight is 414 g/mol. The summed E-state index contributed by atoms with van der Waals surface area (Å²) in [6.45, 7) is -2.16. The van der Waals surface area contributed by atoms with Gasteiger partial charge in [-0.2, -0.15) is 8.78 Å². The number of alkyl halides is 4. The fourth-order valence-electron chi connectivity index (χ4n) is 0.951. The zero-order valence-electron chi connectivity index (χ0n) is 8.56. The van der Waals surface area contributed by atoms with E-state index in [0.29, 0.717) is 7.57 Å². The molecule has 0 N–H and O–H groups in total. The number of ketones is 1. The Labute approximate surface area is 121 Å². The Morgan fingerprint density at radius 1 is 1.44 bits per heavy atom. The molecule has 0 atom stereocenters. The zero-order chi connectivity index (χ0) is 13.9. The first-order valence-electron chi connectivity index (χ1n) is 4.46. The highest BCUT2D eigenvalue weighted by atomic mass is 79.9. The minimum absolute atomic E-state index is 0.257. The van der Waals surface area contributed by atoms with Gasteiger partial charge in [-0.25, -0.2) is 8.78 Å². The lowest BCUT2D eigenvalue weighted by Crippen LogP contribution is -2.33. The van der Waals surface area contributed by atoms with Crippen molar-refractivity contribution in [3.05, 3.63) is 19.2 Å². The third-order valence-electron chi connectivity index (χ3n) is 1.80. The maximum Gasteiger partial charge on any atom is 0.330 e. The number of ether oxygens (including phenoxy) is 1. The molecule has 1 heterocycles. The number of hydrogen-bond donors (Lipinski definition) is 0. The van der Waals surface area contributed by atoms with Crippen LogP contribution in [0.1, 0.15) is 10.4 Å². The maximum absolute atomic E-state index is 12.5. The van der Waals surface area contributed by atoms with Crippen molar-refractivity contribution in [1.82, 2.24) is 0 Å². The van der Waals surface area contributed by atoms with Gasteiger partial charge in [-0.3, -0.25) is 4.79 Å². The van der Waals surface area contributed by atoms with E-state index in [9.17, 15) is 22.4 Å². The van der Waals surface area contributed by atoms with Crippen LogP contribution in [0.3, 0.4) is 0 Å². The minimum Gasteiger partial charge on any atom is -0.367 e. The van der Waals surface area contributed by atoms with Crippen LogP contribution in [0, 0.1) is 0 Å². The molecule has 1 rings (SSSR count). The SMILES string of the molecule is O=C(COCC(F)(F)C(F)F)c1cc(Br)sc1Br. The first-order valence-corrected chi connectivity index (χ1v) is 6.86. The number of carbonyl (C=O) groups excluding carboxylic acids is 1. The van der Waals surface area contributed by atoms with Crippen LogP contribution in [0.2, 0.25) is 0 Å². The average Bonchev–Trinajstić information content (AvgIpc) is 2.57. The normalized spacial score (nSPS) is 12.2. The van der Waals surface area contributed by atoms with Gasteiger partial charge in [0.1, 0.15) is 13.2 Å². The highest BCUT2D eigenvalue weighted by molar-refractivity contribution is 9.12. The predicted molar refractivity (Wildman–Crippen MR) is 65.8 cm³/mol. The van der Waals surface area contributed by atoms with Crippen LogP contribution in [-0.4, -0.2) is 31.3 Å². The molecular formula is C9H6Br2F4O2S. The molecule has 102 valence electrons. The van der Waals surface area contributed by atoms with Gasteiger partial charge in [0.2, 0.25) is 0 Å². The van der Waals surface area contributed by atoms with Crippen LogP contribution in [0.15, 0.2) is 13.6 Å². The van der Waals surface area contributed by atoms with Gasteiger partial charge in [-0.1, -0.05) is 0 Å². The molecule has 0 aliphatic rings. The first-order chi connectivity index (χ1) is 8.24. The van der Waals surface area contributed by atoms with Gasteiger partial charge in [0.05, 0.1) is 7.57 Å². The van der Waals surface area contributed by atoms with E-state index >= 15 is 0 Å². The summed E-state index contributed by atoms with van der Waals surface area (Å²) in [5, 5.41) is 0. The number of halogens is 6. The van der Waals surface area contributed by atoms with E-state index in [4.69, 9.17) is 0 Å². The fraction of sp³-hybridized carbons (Fsp3) is 0.444. The molecule has 0 saturated heterocycles. The number of thiophene rings is 1. The minimum atomic E-state index is -4.24. The first kappa shape index (κ1) is 16.1. The lowest BCUT2D eigenvalue weighted by atomic mass is 10.2. The van der Waals surface area contributed by atoms with Gasteiger partial charge in [0.25, 0.3) is 0 Å². The van der Waals surface area contributed by atoms with Crippen molar-refractivity contribution in [3.63, 3.8) is 0 Å². The van der Waals surface area contributed by atoms with E-state index < -0.39 is 31.3 Å². The molecule has 0 bridgehead atoms. The third-order valence-corrected chi connectivity index (χ3v) is 4.14. The number of hydrogen-bond acceptors (Lipinski definition) is 3. The number of Topliss-reactive ketones (excluding diaryl/α,β-unsaturated/α-hetero) is 1. The van der Waals surface area contributed by atoms with E-state index in [-0.39, 0.29) is 5.56 Å². The highest BCUT2D eigenvalue weighted by Gasteiger charge is 2.41. The highest BCUT2D eigenvalue weighted by Crippen LogP contribution is 2.32. The largest absolute Gasteiger partial charge is 0.367 e. The number of carbonyl (C=O) groups is 1. The third kappa shape index (κ3) is 4.29. The summed E-state index contributed by atoms with van der Waals surface area (Å²) < 4.78 is 54.1. The van der Waals surface area contributed by atoms with Gasteiger partial charge in [-0.05, 0) is 37.9 Å². The molecule has 1 aromatic rings. The van der Waals surface area contributed by atoms with Crippen molar-refractivity contribution >= 4 is 49.0 Å². The van der Waals surface area contributed by atoms with Crippen molar-refractivity contribution in [2.24, 2.45) is 0 Å². The second kappa shape index (κ2) is 6.44. The molecule has 0 radical (unpaired) electrons. The van der Waals surface area contributed by atoms with Gasteiger partial charge in [0.15, 0.2) is 5.78 Å². The van der Waals surface area contributed by atoms with Gasteiger partial charge in [0, 0.05) is 5.56 Å². The summed E-state index contributed by atoms with van der Waals surface area (Å²) in [7, 11) is 0. The summed E-state index contributed by atoms with van der Waals surface area (Å²) in [5.74, 6) is -4.80. The second-order valence-corrected chi connectivity index (χ2v) is 6.96. The van der Waals surface area contributed by atoms with Gasteiger partial charge < -0.3 is 4.74 Å². The van der Waals surface area contributed by atoms with E-state index in [1.165, 1.54) is 17.4 Å². The van der Waals surface area contributed by atoms with Gasteiger partial charge in [-0.15, -0.1) is 11.3 Å². The Bertz CT molecular complexity index is 436. The van der Waals surface area contributed by atoms with Gasteiger partial charge >= 0.3 is 12.3 Å². The second-order valence-electron chi connectivity index (χ2n) is 3.22. The monoisotopic (exact) mass is 412 g/mol. The summed E-state index contributed by atoms with van der Waals surface area (Å²) in [4.78, 5) is 11.5. The van der Waals surface area contributed by atoms with Crippen molar-refractivity contribution in [2.75, 3.05) is 13.2 Å². The Hall–Kier alpha value is 0.01000. The molecule has 0 spiro atoms. The number of rotatable bonds is 6. The van der Waals surface area contributed by atoms with Crippen molar-refractivity contribution in [1.29, 1.82) is 0 Å². The van der Waals surface area contributed by atoms with Crippen LogP contribution in [0.25, 0.3) is 0 Å². The van der Waals surface area contributed by atoms with Crippen LogP contribution < -0.4 is 0 Å². The molecular weight excluding hydrogens is 408 g/mol. The van der Waals surface area contributed by atoms with E-state index in [1.54, 1.807) is 0 Å². The van der Waals surface area contributed by atoms with Crippen molar-refractivity contribution < 1.29 is 27.1 Å². The van der Waals surface area contributed by atoms with Crippen molar-refractivity contribution in [2.45, 2.75) is 12.3 Å². The molecule has 2 nitrogen and oxygen atoms in total. The molecule has 0 fully saturated rings. The Morgan fingerprint density at radius 3 is 2.50 bits per heavy atom. The van der Waals surface area contributed by atoms with Crippen LogP contribution in [0.4, 0.5) is 17.6 Å². The molecule has 0 aliphatic heterocycles. The molecule has 18 heavy (non-hydrogen) atoms. The lowest BCUT2D eigenvalue weighted by molar-refractivity contribution is -0.163. The van der Waals surface area contributed by atoms with E-state index in [0.717, 1.165) is 0 Å². The molecule has 0 aromatic carbocycles. The quantitative estimate of drug-likeness (QED) is 0.511. The van der Waals surface area contributed by atoms with Crippen LogP contribution >= 0.6 is 43.2 Å². The van der Waals surface area contributed by atoms with E-state index in [1.807, 2.05) is 0 Å². The topological polar surface area (TPSA) is 26.3 Å². The Morgan fingerprint density at radius 2 is 2.06 bits per heavy atom. The Balaban J connectivity index is 2.50. The van der Waals surface area contributed by atoms with Crippen LogP contribution in [-0.2, 0) is 4.74 Å². The van der Waals surface area contributed by atoms with Crippen molar-refractivity contribution in [3.8, 4) is 0 Å². The molecule has 0 saturated carbocycles. The molecule has 0 amide bonds. The van der Waals surface area contributed by atoms with E-state index in [2.05, 4.69) is 36.6 Å². The fourth-order valence-corrected chi connectivity index (χ4v) is 3.81. The maximum atomic E-state index is 12.5. The smallest absolute Gasteiger partial charge is 0.330 e. The predicted octanol–water partition coefficient (Wildman–Crippen LogP) is 4.37. The molecule has 1 aromatic heterocycles. The molecule has 0 aliphatic carbocycles. The zero-order valence-corrected chi connectivity index (χ0v) is 12.5. The standard InChI is InChI=1S/C9H6Br2F4O2S/c10-6-1-4(7(11)18-6)5(16)2-17-3-9(14,15)8(12)13/h1,8H,2-3H2. The Kier molecular flexibility index (Phi) is 5.75. The van der Waals surface area contributed by atoms with Crippen LogP contribution in [0.5, 0.6) is 0 Å². The lowest BCUT2D eigenvalue weighted by Gasteiger charge is -2.14. The summed E-state index contributed by atoms with van der Waals surface area (Å²) in [6.07, 6.45) is -3.81. The summed E-state index contributed by atoms with van der Waals surface area (Å²) in [6, 6.07) is 1.49.